The van der Waals surface area contributed by atoms with E-state index in [1.54, 1.807) is 0 Å². The highest BCUT2D eigenvalue weighted by Crippen LogP contribution is 2.14. The van der Waals surface area contributed by atoms with Gasteiger partial charge in [-0.05, 0) is 18.3 Å². The van der Waals surface area contributed by atoms with Crippen LogP contribution in [0.25, 0.3) is 0 Å². The fourth-order valence-electron chi connectivity index (χ4n) is 1.50. The minimum absolute atomic E-state index is 0.601. The van der Waals surface area contributed by atoms with E-state index in [2.05, 4.69) is 48.4 Å². The number of hydrazine groups is 1. The molecule has 0 bridgehead atoms. The predicted octanol–water partition coefficient (Wildman–Crippen LogP) is 2.42. The normalized spacial score (nSPS) is 12.6. The quantitative estimate of drug-likeness (QED) is 0.512. The Morgan fingerprint density at radius 2 is 1.89 bits per heavy atom. The molecule has 5 nitrogen and oxygen atoms in total. The number of nitrogens with two attached hydrogens (primary N) is 1. The predicted molar refractivity (Wildman–Crippen MR) is 76.3 cm³/mol. The number of rotatable bonds is 7. The van der Waals surface area contributed by atoms with Crippen LogP contribution in [0.2, 0.25) is 0 Å². The van der Waals surface area contributed by atoms with Gasteiger partial charge < -0.3 is 10.7 Å². The average Bonchev–Trinajstić information content (AvgIpc) is 2.35. The minimum atomic E-state index is 0.601. The summed E-state index contributed by atoms with van der Waals surface area (Å²) in [6, 6.07) is 1.84. The van der Waals surface area contributed by atoms with Gasteiger partial charge in [-0.3, -0.25) is 0 Å². The standard InChI is InChI=1S/C13H25N5/c1-5-6-11-16-12(7-13(17-11)18-14)15-8-10(4)9(2)3/h7,9-10H,5-6,8,14H2,1-4H3,(H2,15,16,17,18). The number of anilines is 2. The molecular formula is C13H25N5. The van der Waals surface area contributed by atoms with Crippen molar-refractivity contribution < 1.29 is 0 Å². The molecule has 1 aromatic rings. The van der Waals surface area contributed by atoms with Gasteiger partial charge in [0.15, 0.2) is 0 Å². The maximum Gasteiger partial charge on any atom is 0.145 e. The zero-order valence-corrected chi connectivity index (χ0v) is 11.8. The monoisotopic (exact) mass is 251 g/mol. The van der Waals surface area contributed by atoms with E-state index in [-0.39, 0.29) is 0 Å². The third kappa shape index (κ3) is 4.49. The molecule has 102 valence electrons. The fraction of sp³-hybridized carbons (Fsp3) is 0.692. The third-order valence-corrected chi connectivity index (χ3v) is 3.14. The van der Waals surface area contributed by atoms with Crippen LogP contribution in [0.1, 0.15) is 39.9 Å². The molecule has 4 N–H and O–H groups in total. The average molecular weight is 251 g/mol. The van der Waals surface area contributed by atoms with E-state index in [9.17, 15) is 0 Å². The van der Waals surface area contributed by atoms with E-state index in [0.29, 0.717) is 17.7 Å². The van der Waals surface area contributed by atoms with Crippen LogP contribution in [0.3, 0.4) is 0 Å². The van der Waals surface area contributed by atoms with Crippen molar-refractivity contribution in [1.82, 2.24) is 9.97 Å². The first kappa shape index (κ1) is 14.7. The molecule has 0 spiro atoms. The summed E-state index contributed by atoms with van der Waals surface area (Å²) in [6.07, 6.45) is 1.89. The summed E-state index contributed by atoms with van der Waals surface area (Å²) in [5, 5.41) is 3.35. The molecule has 0 aromatic carbocycles. The zero-order valence-electron chi connectivity index (χ0n) is 11.8. The van der Waals surface area contributed by atoms with E-state index in [0.717, 1.165) is 31.0 Å². The summed E-state index contributed by atoms with van der Waals surface area (Å²) in [7, 11) is 0. The lowest BCUT2D eigenvalue weighted by molar-refractivity contribution is 0.439. The number of nitrogen functional groups attached to an aromatic ring is 1. The van der Waals surface area contributed by atoms with Gasteiger partial charge in [0.1, 0.15) is 17.5 Å². The van der Waals surface area contributed by atoms with Crippen LogP contribution in [-0.4, -0.2) is 16.5 Å². The van der Waals surface area contributed by atoms with Gasteiger partial charge in [-0.25, -0.2) is 15.8 Å². The maximum absolute atomic E-state index is 5.42. The second-order valence-corrected chi connectivity index (χ2v) is 5.05. The fourth-order valence-corrected chi connectivity index (χ4v) is 1.50. The van der Waals surface area contributed by atoms with Crippen LogP contribution in [0.5, 0.6) is 0 Å². The van der Waals surface area contributed by atoms with Gasteiger partial charge in [0.25, 0.3) is 0 Å². The lowest BCUT2D eigenvalue weighted by Gasteiger charge is -2.17. The molecule has 0 aliphatic carbocycles. The van der Waals surface area contributed by atoms with Gasteiger partial charge in [0.2, 0.25) is 0 Å². The second-order valence-electron chi connectivity index (χ2n) is 5.05. The SMILES string of the molecule is CCCc1nc(NN)cc(NCC(C)C(C)C)n1. The molecule has 1 atom stereocenters. The van der Waals surface area contributed by atoms with Gasteiger partial charge in [0.05, 0.1) is 0 Å². The lowest BCUT2D eigenvalue weighted by Crippen LogP contribution is -2.18. The van der Waals surface area contributed by atoms with Crippen molar-refractivity contribution in [3.05, 3.63) is 11.9 Å². The Labute approximate surface area is 110 Å². The topological polar surface area (TPSA) is 75.9 Å². The summed E-state index contributed by atoms with van der Waals surface area (Å²) < 4.78 is 0. The van der Waals surface area contributed by atoms with Gasteiger partial charge in [-0.2, -0.15) is 0 Å². The summed E-state index contributed by atoms with van der Waals surface area (Å²) in [6.45, 7) is 9.70. The van der Waals surface area contributed by atoms with Gasteiger partial charge in [0, 0.05) is 19.0 Å². The van der Waals surface area contributed by atoms with Crippen molar-refractivity contribution in [2.45, 2.75) is 40.5 Å². The number of aromatic nitrogens is 2. The zero-order chi connectivity index (χ0) is 13.5. The Kier molecular flexibility index (Phi) is 5.85. The van der Waals surface area contributed by atoms with Crippen molar-refractivity contribution in [3.63, 3.8) is 0 Å². The van der Waals surface area contributed by atoms with Crippen LogP contribution in [-0.2, 0) is 6.42 Å². The Morgan fingerprint density at radius 3 is 2.44 bits per heavy atom. The van der Waals surface area contributed by atoms with E-state index in [1.807, 2.05) is 6.07 Å². The number of hydrogen-bond donors (Lipinski definition) is 3. The van der Waals surface area contributed by atoms with E-state index in [1.165, 1.54) is 0 Å². The first-order valence-electron chi connectivity index (χ1n) is 6.65. The van der Waals surface area contributed by atoms with Crippen LogP contribution < -0.4 is 16.6 Å². The van der Waals surface area contributed by atoms with Crippen molar-refractivity contribution in [2.24, 2.45) is 17.7 Å². The van der Waals surface area contributed by atoms with E-state index in [4.69, 9.17) is 5.84 Å². The van der Waals surface area contributed by atoms with E-state index < -0.39 is 0 Å². The Balaban J connectivity index is 2.71. The van der Waals surface area contributed by atoms with Crippen molar-refractivity contribution in [1.29, 1.82) is 0 Å². The number of nitrogens with zero attached hydrogens (tertiary/aromatic N) is 2. The van der Waals surface area contributed by atoms with Crippen LogP contribution in [0.4, 0.5) is 11.6 Å². The largest absolute Gasteiger partial charge is 0.370 e. The molecule has 0 radical (unpaired) electrons. The summed E-state index contributed by atoms with van der Waals surface area (Å²) in [5.41, 5.74) is 2.59. The first-order valence-corrected chi connectivity index (χ1v) is 6.65. The third-order valence-electron chi connectivity index (χ3n) is 3.14. The van der Waals surface area contributed by atoms with E-state index >= 15 is 0 Å². The number of aryl methyl sites for hydroxylation is 1. The van der Waals surface area contributed by atoms with Crippen LogP contribution >= 0.6 is 0 Å². The molecule has 0 saturated carbocycles. The van der Waals surface area contributed by atoms with Gasteiger partial charge in [-0.1, -0.05) is 27.7 Å². The summed E-state index contributed by atoms with van der Waals surface area (Å²) in [4.78, 5) is 8.80. The van der Waals surface area contributed by atoms with Crippen LogP contribution in [0, 0.1) is 11.8 Å². The highest BCUT2D eigenvalue weighted by molar-refractivity contribution is 5.46. The Bertz CT molecular complexity index is 364. The summed E-state index contributed by atoms with van der Waals surface area (Å²) in [5.74, 6) is 9.00. The molecule has 1 rings (SSSR count). The smallest absolute Gasteiger partial charge is 0.145 e. The van der Waals surface area contributed by atoms with Crippen molar-refractivity contribution in [3.8, 4) is 0 Å². The lowest BCUT2D eigenvalue weighted by atomic mass is 9.98. The molecule has 1 heterocycles. The molecule has 0 amide bonds. The molecule has 1 unspecified atom stereocenters. The van der Waals surface area contributed by atoms with Gasteiger partial charge >= 0.3 is 0 Å². The summed E-state index contributed by atoms with van der Waals surface area (Å²) >= 11 is 0. The highest BCUT2D eigenvalue weighted by Gasteiger charge is 2.08. The minimum Gasteiger partial charge on any atom is -0.370 e. The van der Waals surface area contributed by atoms with Crippen LogP contribution in [0.15, 0.2) is 6.07 Å². The Morgan fingerprint density at radius 1 is 1.22 bits per heavy atom. The molecule has 0 saturated heterocycles. The molecular weight excluding hydrogens is 226 g/mol. The molecule has 0 aliphatic heterocycles. The van der Waals surface area contributed by atoms with Crippen molar-refractivity contribution in [2.75, 3.05) is 17.3 Å². The number of nitrogens with one attached hydrogen (secondary N) is 2. The van der Waals surface area contributed by atoms with Crippen molar-refractivity contribution >= 4 is 11.6 Å². The molecule has 1 aromatic heterocycles. The molecule has 0 fully saturated rings. The Hall–Kier alpha value is -1.36. The highest BCUT2D eigenvalue weighted by atomic mass is 15.3. The molecule has 18 heavy (non-hydrogen) atoms. The first-order chi connectivity index (χ1) is 8.56. The van der Waals surface area contributed by atoms with Gasteiger partial charge in [-0.15, -0.1) is 0 Å². The maximum atomic E-state index is 5.42. The molecule has 0 aliphatic rings. The number of hydrogen-bond acceptors (Lipinski definition) is 5. The second kappa shape index (κ2) is 7.16. The molecule has 5 heteroatoms.